The number of carbonyl (C=O) groups excluding carboxylic acids is 4. The number of rotatable bonds is 6. The van der Waals surface area contributed by atoms with Gasteiger partial charge in [-0.1, -0.05) is 25.8 Å². The van der Waals surface area contributed by atoms with E-state index in [1.807, 2.05) is 6.92 Å². The molecule has 9 nitrogen and oxygen atoms in total. The molecule has 1 heterocycles. The van der Waals surface area contributed by atoms with E-state index in [0.717, 1.165) is 24.2 Å². The van der Waals surface area contributed by atoms with E-state index < -0.39 is 23.4 Å². The zero-order valence-corrected chi connectivity index (χ0v) is 17.6. The fourth-order valence-electron chi connectivity index (χ4n) is 4.10. The minimum absolute atomic E-state index is 0.0224. The fraction of sp³-hybridized carbons (Fsp3) is 0.524. The molecule has 1 aliphatic heterocycles. The maximum Gasteiger partial charge on any atom is 0.325 e. The maximum absolute atomic E-state index is 13.0. The Kier molecular flexibility index (Phi) is 6.28. The molecule has 1 aromatic carbocycles. The first-order valence-corrected chi connectivity index (χ1v) is 10.1. The van der Waals surface area contributed by atoms with E-state index in [0.29, 0.717) is 17.9 Å². The predicted molar refractivity (Wildman–Crippen MR) is 110 cm³/mol. The third kappa shape index (κ3) is 4.24. The Bertz CT molecular complexity index is 858. The Balaban J connectivity index is 1.58. The van der Waals surface area contributed by atoms with Crippen LogP contribution < -0.4 is 15.4 Å². The molecule has 1 aromatic rings. The molecular formula is C21H28N4O5. The Morgan fingerprint density at radius 1 is 1.33 bits per heavy atom. The number of urea groups is 1. The molecule has 1 aliphatic carbocycles. The summed E-state index contributed by atoms with van der Waals surface area (Å²) in [5.41, 5.74) is -0.361. The Labute approximate surface area is 175 Å². The maximum atomic E-state index is 13.0. The molecule has 0 aromatic heterocycles. The van der Waals surface area contributed by atoms with E-state index in [-0.39, 0.29) is 24.9 Å². The van der Waals surface area contributed by atoms with Gasteiger partial charge < -0.3 is 20.3 Å². The van der Waals surface area contributed by atoms with Gasteiger partial charge >= 0.3 is 6.03 Å². The van der Waals surface area contributed by atoms with Gasteiger partial charge in [0, 0.05) is 18.8 Å². The van der Waals surface area contributed by atoms with Gasteiger partial charge in [0.2, 0.25) is 11.8 Å². The van der Waals surface area contributed by atoms with Crippen molar-refractivity contribution >= 4 is 29.4 Å². The van der Waals surface area contributed by atoms with Crippen LogP contribution in [0.15, 0.2) is 24.3 Å². The minimum atomic E-state index is -0.905. The lowest BCUT2D eigenvalue weighted by molar-refractivity contribution is -0.140. The number of hydrogen-bond acceptors (Lipinski definition) is 5. The summed E-state index contributed by atoms with van der Waals surface area (Å²) in [4.78, 5) is 52.4. The number of ether oxygens (including phenoxy) is 1. The molecular weight excluding hydrogens is 388 g/mol. The van der Waals surface area contributed by atoms with Crippen LogP contribution in [0.5, 0.6) is 5.75 Å². The van der Waals surface area contributed by atoms with Crippen LogP contribution in [0.3, 0.4) is 0 Å². The number of hydrogen-bond donors (Lipinski definition) is 2. The smallest absolute Gasteiger partial charge is 0.325 e. The zero-order chi connectivity index (χ0) is 21.9. The van der Waals surface area contributed by atoms with E-state index >= 15 is 0 Å². The molecule has 0 bridgehead atoms. The first kappa shape index (κ1) is 21.6. The molecule has 2 aliphatic rings. The van der Waals surface area contributed by atoms with E-state index in [4.69, 9.17) is 4.74 Å². The molecule has 3 rings (SSSR count). The molecule has 162 valence electrons. The van der Waals surface area contributed by atoms with Gasteiger partial charge in [0.25, 0.3) is 5.91 Å². The van der Waals surface area contributed by atoms with Gasteiger partial charge in [-0.15, -0.1) is 0 Å². The van der Waals surface area contributed by atoms with Gasteiger partial charge in [-0.25, -0.2) is 4.79 Å². The van der Waals surface area contributed by atoms with Gasteiger partial charge in [0.05, 0.1) is 13.7 Å². The first-order chi connectivity index (χ1) is 14.3. The van der Waals surface area contributed by atoms with E-state index in [9.17, 15) is 19.2 Å². The highest BCUT2D eigenvalue weighted by atomic mass is 16.5. The second kappa shape index (κ2) is 8.73. The highest BCUT2D eigenvalue weighted by Gasteiger charge is 2.55. The fourth-order valence-corrected chi connectivity index (χ4v) is 4.10. The predicted octanol–water partition coefficient (Wildman–Crippen LogP) is 1.59. The van der Waals surface area contributed by atoms with Crippen LogP contribution in [-0.4, -0.2) is 66.3 Å². The van der Waals surface area contributed by atoms with Crippen molar-refractivity contribution in [2.45, 2.75) is 38.1 Å². The van der Waals surface area contributed by atoms with Crippen molar-refractivity contribution in [2.75, 3.05) is 32.6 Å². The number of imide groups is 1. The Hall–Kier alpha value is -3.10. The van der Waals surface area contributed by atoms with Crippen molar-refractivity contribution in [1.82, 2.24) is 15.1 Å². The zero-order valence-electron chi connectivity index (χ0n) is 17.6. The normalized spacial score (nSPS) is 23.3. The molecule has 30 heavy (non-hydrogen) atoms. The van der Waals surface area contributed by atoms with Gasteiger partial charge in [-0.2, -0.15) is 0 Å². The highest BCUT2D eigenvalue weighted by Crippen LogP contribution is 2.38. The summed E-state index contributed by atoms with van der Waals surface area (Å²) in [6.07, 6.45) is 3.33. The van der Waals surface area contributed by atoms with Crippen molar-refractivity contribution in [2.24, 2.45) is 5.92 Å². The molecule has 9 heteroatoms. The van der Waals surface area contributed by atoms with Crippen LogP contribution >= 0.6 is 0 Å². The standard InChI is InChI=1S/C21H28N4O5/c1-14-7-4-5-10-21(14)19(28)25(20(29)23-21)13-18(27)24(2)12-17(26)22-15-8-6-9-16(11-15)30-3/h6,8-9,11,14H,4-5,7,10,12-13H2,1-3H3,(H,22,26)(H,23,29)/t14-,21-/m1/s1. The number of nitrogens with zero attached hydrogens (tertiary/aromatic N) is 2. The van der Waals surface area contributed by atoms with Gasteiger partial charge in [-0.05, 0) is 30.9 Å². The monoisotopic (exact) mass is 416 g/mol. The number of amides is 5. The molecule has 2 N–H and O–H groups in total. The number of benzene rings is 1. The summed E-state index contributed by atoms with van der Waals surface area (Å²) in [7, 11) is 2.99. The molecule has 1 saturated heterocycles. The lowest BCUT2D eigenvalue weighted by atomic mass is 9.73. The Morgan fingerprint density at radius 3 is 2.80 bits per heavy atom. The van der Waals surface area contributed by atoms with Crippen molar-refractivity contribution in [3.8, 4) is 5.75 Å². The second-order valence-corrected chi connectivity index (χ2v) is 7.97. The number of methoxy groups -OCH3 is 1. The lowest BCUT2D eigenvalue weighted by Gasteiger charge is -2.36. The number of nitrogens with one attached hydrogen (secondary N) is 2. The average molecular weight is 416 g/mol. The molecule has 1 saturated carbocycles. The topological polar surface area (TPSA) is 108 Å². The molecule has 2 fully saturated rings. The first-order valence-electron chi connectivity index (χ1n) is 10.1. The summed E-state index contributed by atoms with van der Waals surface area (Å²) in [6, 6.07) is 6.32. The van der Waals surface area contributed by atoms with Gasteiger partial charge in [0.15, 0.2) is 0 Å². The highest BCUT2D eigenvalue weighted by molar-refractivity contribution is 6.09. The van der Waals surface area contributed by atoms with Crippen LogP contribution in [0.25, 0.3) is 0 Å². The number of carbonyl (C=O) groups is 4. The second-order valence-electron chi connectivity index (χ2n) is 7.97. The SMILES string of the molecule is COc1cccc(NC(=O)CN(C)C(=O)CN2C(=O)N[C@@]3(CCCC[C@H]3C)C2=O)c1. The largest absolute Gasteiger partial charge is 0.497 e. The van der Waals surface area contributed by atoms with E-state index in [1.165, 1.54) is 19.1 Å². The van der Waals surface area contributed by atoms with E-state index in [2.05, 4.69) is 10.6 Å². The lowest BCUT2D eigenvalue weighted by Crippen LogP contribution is -2.54. The van der Waals surface area contributed by atoms with Crippen molar-refractivity contribution in [3.63, 3.8) is 0 Å². The Morgan fingerprint density at radius 2 is 2.10 bits per heavy atom. The van der Waals surface area contributed by atoms with Crippen LogP contribution in [0, 0.1) is 5.92 Å². The summed E-state index contributed by atoms with van der Waals surface area (Å²) in [5.74, 6) is -0.605. The summed E-state index contributed by atoms with van der Waals surface area (Å²) >= 11 is 0. The molecule has 0 unspecified atom stereocenters. The van der Waals surface area contributed by atoms with Crippen LogP contribution in [0.2, 0.25) is 0 Å². The van der Waals surface area contributed by atoms with Crippen LogP contribution in [-0.2, 0) is 14.4 Å². The summed E-state index contributed by atoms with van der Waals surface area (Å²) < 4.78 is 5.11. The molecule has 5 amide bonds. The van der Waals surface area contributed by atoms with Crippen molar-refractivity contribution < 1.29 is 23.9 Å². The van der Waals surface area contributed by atoms with Gasteiger partial charge in [-0.3, -0.25) is 19.3 Å². The molecule has 2 atom stereocenters. The third-order valence-corrected chi connectivity index (χ3v) is 5.95. The summed E-state index contributed by atoms with van der Waals surface area (Å²) in [5, 5.41) is 5.52. The van der Waals surface area contributed by atoms with Crippen LogP contribution in [0.4, 0.5) is 10.5 Å². The third-order valence-electron chi connectivity index (χ3n) is 5.95. The van der Waals surface area contributed by atoms with Gasteiger partial charge in [0.1, 0.15) is 17.8 Å². The van der Waals surface area contributed by atoms with Crippen molar-refractivity contribution in [1.29, 1.82) is 0 Å². The van der Waals surface area contributed by atoms with Crippen molar-refractivity contribution in [3.05, 3.63) is 24.3 Å². The number of likely N-dealkylation sites (N-methyl/N-ethyl adjacent to an activating group) is 1. The molecule has 0 radical (unpaired) electrons. The minimum Gasteiger partial charge on any atom is -0.497 e. The molecule has 1 spiro atoms. The van der Waals surface area contributed by atoms with Crippen LogP contribution in [0.1, 0.15) is 32.6 Å². The quantitative estimate of drug-likeness (QED) is 0.685. The summed E-state index contributed by atoms with van der Waals surface area (Å²) in [6.45, 7) is 1.36. The average Bonchev–Trinajstić information content (AvgIpc) is 2.95. The number of anilines is 1. The van der Waals surface area contributed by atoms with E-state index in [1.54, 1.807) is 24.3 Å².